The van der Waals surface area contributed by atoms with Gasteiger partial charge in [-0.25, -0.2) is 0 Å². The molecule has 0 radical (unpaired) electrons. The Bertz CT molecular complexity index is 1490. The molecule has 4 aromatic rings. The molecule has 1 aliphatic heterocycles. The van der Waals surface area contributed by atoms with Gasteiger partial charge < -0.3 is 13.9 Å². The Kier molecular flexibility index (Phi) is 5.70. The molecule has 34 heavy (non-hydrogen) atoms. The van der Waals surface area contributed by atoms with Gasteiger partial charge in [-0.2, -0.15) is 0 Å². The van der Waals surface area contributed by atoms with E-state index < -0.39 is 3.61 Å². The summed E-state index contributed by atoms with van der Waals surface area (Å²) in [4.78, 5) is 13.8. The molecule has 0 saturated carbocycles. The number of carbonyl (C=O) groups excluding carboxylic acids is 1. The van der Waals surface area contributed by atoms with E-state index in [0.29, 0.717) is 22.5 Å². The minimum Gasteiger partial charge on any atom is -0.481 e. The SMILES string of the molecule is C#CCOc1cccc(C(=O)c2oc3ccc4c(c3c2-c2ccccc2)OC(C)(I)C=C4C)c1. The van der Waals surface area contributed by atoms with Gasteiger partial charge in [0, 0.05) is 16.7 Å². The van der Waals surface area contributed by atoms with E-state index in [9.17, 15) is 4.79 Å². The highest BCUT2D eigenvalue weighted by atomic mass is 127. The molecule has 0 spiro atoms. The van der Waals surface area contributed by atoms with E-state index in [4.69, 9.17) is 20.3 Å². The first-order chi connectivity index (χ1) is 16.4. The van der Waals surface area contributed by atoms with Gasteiger partial charge in [-0.15, -0.1) is 6.42 Å². The summed E-state index contributed by atoms with van der Waals surface area (Å²) in [7, 11) is 0. The minimum atomic E-state index is -0.513. The Morgan fingerprint density at radius 3 is 2.68 bits per heavy atom. The standard InChI is InChI=1S/C29H21IO4/c1-4-15-32-21-12-8-11-20(16-21)26(31)28-24(19-9-6-5-7-10-19)25-23(33-28)14-13-22-18(2)17-29(3,30)34-27(22)25/h1,5-14,16-17H,15H2,2-3H3. The highest BCUT2D eigenvalue weighted by Crippen LogP contribution is 2.48. The molecule has 0 amide bonds. The van der Waals surface area contributed by atoms with E-state index in [0.717, 1.165) is 27.8 Å². The van der Waals surface area contributed by atoms with Crippen LogP contribution in [-0.2, 0) is 0 Å². The van der Waals surface area contributed by atoms with Crippen LogP contribution < -0.4 is 9.47 Å². The average molecular weight is 560 g/mol. The zero-order chi connectivity index (χ0) is 23.9. The number of alkyl halides is 1. The molecule has 1 unspecified atom stereocenters. The van der Waals surface area contributed by atoms with Gasteiger partial charge in [-0.1, -0.05) is 48.4 Å². The van der Waals surface area contributed by atoms with Crippen LogP contribution in [0, 0.1) is 12.3 Å². The molecule has 0 fully saturated rings. The van der Waals surface area contributed by atoms with Crippen molar-refractivity contribution in [1.82, 2.24) is 0 Å². The molecular weight excluding hydrogens is 539 g/mol. The second kappa shape index (κ2) is 8.69. The van der Waals surface area contributed by atoms with Crippen molar-refractivity contribution in [3.05, 3.63) is 89.7 Å². The molecule has 168 valence electrons. The van der Waals surface area contributed by atoms with Gasteiger partial charge in [0.2, 0.25) is 5.78 Å². The molecule has 2 heterocycles. The summed E-state index contributed by atoms with van der Waals surface area (Å²) in [5, 5.41) is 0.794. The van der Waals surface area contributed by atoms with E-state index in [1.807, 2.05) is 49.4 Å². The number of fused-ring (bicyclic) bond motifs is 3. The van der Waals surface area contributed by atoms with Crippen molar-refractivity contribution in [3.63, 3.8) is 0 Å². The van der Waals surface area contributed by atoms with Crippen molar-refractivity contribution in [2.24, 2.45) is 0 Å². The molecule has 1 aliphatic rings. The summed E-state index contributed by atoms with van der Waals surface area (Å²) in [6.07, 6.45) is 7.40. The molecule has 5 rings (SSSR count). The van der Waals surface area contributed by atoms with Gasteiger partial charge in [-0.05, 0) is 77.9 Å². The molecular formula is C29H21IO4. The lowest BCUT2D eigenvalue weighted by atomic mass is 9.94. The van der Waals surface area contributed by atoms with E-state index >= 15 is 0 Å². The van der Waals surface area contributed by atoms with Gasteiger partial charge in [0.05, 0.1) is 5.39 Å². The van der Waals surface area contributed by atoms with Crippen LogP contribution >= 0.6 is 22.6 Å². The number of allylic oxidation sites excluding steroid dienone is 1. The predicted molar refractivity (Wildman–Crippen MR) is 143 cm³/mol. The fourth-order valence-corrected chi connectivity index (χ4v) is 4.98. The second-order valence-electron chi connectivity index (χ2n) is 8.25. The van der Waals surface area contributed by atoms with Crippen LogP contribution in [0.25, 0.3) is 27.7 Å². The molecule has 3 aromatic carbocycles. The summed E-state index contributed by atoms with van der Waals surface area (Å²) in [5.74, 6) is 3.71. The monoisotopic (exact) mass is 560 g/mol. The van der Waals surface area contributed by atoms with Crippen LogP contribution in [0.2, 0.25) is 0 Å². The highest BCUT2D eigenvalue weighted by Gasteiger charge is 2.32. The third kappa shape index (κ3) is 3.99. The summed E-state index contributed by atoms with van der Waals surface area (Å²) < 4.78 is 17.7. The van der Waals surface area contributed by atoms with Crippen molar-refractivity contribution in [1.29, 1.82) is 0 Å². The lowest BCUT2D eigenvalue weighted by Crippen LogP contribution is -2.25. The fraction of sp³-hybridized carbons (Fsp3) is 0.138. The third-order valence-electron chi connectivity index (χ3n) is 5.70. The van der Waals surface area contributed by atoms with Crippen LogP contribution in [-0.4, -0.2) is 16.0 Å². The Morgan fingerprint density at radius 2 is 1.91 bits per heavy atom. The molecule has 0 N–H and O–H groups in total. The largest absolute Gasteiger partial charge is 0.481 e. The number of ether oxygens (including phenoxy) is 2. The smallest absolute Gasteiger partial charge is 0.229 e. The summed E-state index contributed by atoms with van der Waals surface area (Å²) in [6.45, 7) is 4.21. The van der Waals surface area contributed by atoms with Gasteiger partial charge in [0.1, 0.15) is 23.7 Å². The number of ketones is 1. The maximum absolute atomic E-state index is 13.8. The topological polar surface area (TPSA) is 48.7 Å². The van der Waals surface area contributed by atoms with Crippen LogP contribution in [0.1, 0.15) is 35.5 Å². The van der Waals surface area contributed by atoms with Crippen molar-refractivity contribution >= 4 is 44.9 Å². The lowest BCUT2D eigenvalue weighted by Gasteiger charge is -2.29. The highest BCUT2D eigenvalue weighted by molar-refractivity contribution is 14.1. The molecule has 0 aliphatic carbocycles. The molecule has 0 saturated heterocycles. The Hall–Kier alpha value is -3.50. The number of terminal acetylenes is 1. The van der Waals surface area contributed by atoms with E-state index in [1.54, 1.807) is 24.3 Å². The number of hydrogen-bond donors (Lipinski definition) is 0. The van der Waals surface area contributed by atoms with E-state index in [2.05, 4.69) is 41.5 Å². The van der Waals surface area contributed by atoms with Gasteiger partial charge in [0.15, 0.2) is 9.37 Å². The predicted octanol–water partition coefficient (Wildman–Crippen LogP) is 7.29. The van der Waals surface area contributed by atoms with E-state index in [-0.39, 0.29) is 18.2 Å². The van der Waals surface area contributed by atoms with Gasteiger partial charge >= 0.3 is 0 Å². The van der Waals surface area contributed by atoms with Crippen molar-refractivity contribution < 1.29 is 18.7 Å². The number of hydrogen-bond acceptors (Lipinski definition) is 4. The number of furan rings is 1. The molecule has 0 bridgehead atoms. The Labute approximate surface area is 211 Å². The summed E-state index contributed by atoms with van der Waals surface area (Å²) in [5.41, 5.74) is 4.76. The Morgan fingerprint density at radius 1 is 1.12 bits per heavy atom. The van der Waals surface area contributed by atoms with E-state index in [1.165, 1.54) is 0 Å². The van der Waals surface area contributed by atoms with Crippen molar-refractivity contribution in [2.75, 3.05) is 6.61 Å². The lowest BCUT2D eigenvalue weighted by molar-refractivity contribution is 0.101. The molecule has 4 nitrogen and oxygen atoms in total. The van der Waals surface area contributed by atoms with Gasteiger partial charge in [0.25, 0.3) is 0 Å². The van der Waals surface area contributed by atoms with Crippen LogP contribution in [0.5, 0.6) is 11.5 Å². The number of rotatable bonds is 5. The zero-order valence-corrected chi connectivity index (χ0v) is 20.9. The van der Waals surface area contributed by atoms with Crippen molar-refractivity contribution in [3.8, 4) is 35.0 Å². The van der Waals surface area contributed by atoms with Crippen LogP contribution in [0.15, 0.2) is 77.2 Å². The molecule has 1 atom stereocenters. The quantitative estimate of drug-likeness (QED) is 0.111. The normalized spacial score (nSPS) is 16.8. The van der Waals surface area contributed by atoms with Crippen LogP contribution in [0.3, 0.4) is 0 Å². The number of benzene rings is 3. The first-order valence-corrected chi connectivity index (χ1v) is 11.9. The van der Waals surface area contributed by atoms with Crippen LogP contribution in [0.4, 0.5) is 0 Å². The number of carbonyl (C=O) groups is 1. The summed E-state index contributed by atoms with van der Waals surface area (Å²) in [6, 6.07) is 20.6. The third-order valence-corrected chi connectivity index (χ3v) is 6.23. The maximum atomic E-state index is 13.8. The zero-order valence-electron chi connectivity index (χ0n) is 18.7. The molecule has 1 aromatic heterocycles. The second-order valence-corrected chi connectivity index (χ2v) is 10.4. The molecule has 5 heteroatoms. The van der Waals surface area contributed by atoms with Crippen molar-refractivity contribution in [2.45, 2.75) is 17.5 Å². The minimum absolute atomic E-state index is 0.128. The first kappa shape index (κ1) is 22.3. The Balaban J connectivity index is 1.75. The number of halogens is 1. The maximum Gasteiger partial charge on any atom is 0.229 e. The van der Waals surface area contributed by atoms with Gasteiger partial charge in [-0.3, -0.25) is 4.79 Å². The fourth-order valence-electron chi connectivity index (χ4n) is 4.29. The first-order valence-electron chi connectivity index (χ1n) is 10.8. The average Bonchev–Trinajstić information content (AvgIpc) is 3.22. The summed E-state index contributed by atoms with van der Waals surface area (Å²) >= 11 is 2.28.